The van der Waals surface area contributed by atoms with E-state index < -0.39 is 0 Å². The first kappa shape index (κ1) is 12.6. The van der Waals surface area contributed by atoms with Crippen molar-refractivity contribution in [3.8, 4) is 6.07 Å². The quantitative estimate of drug-likeness (QED) is 0.845. The lowest BCUT2D eigenvalue weighted by Gasteiger charge is -2.06. The van der Waals surface area contributed by atoms with Crippen molar-refractivity contribution in [1.29, 1.82) is 5.26 Å². The van der Waals surface area contributed by atoms with E-state index >= 15 is 0 Å². The third kappa shape index (κ3) is 4.70. The van der Waals surface area contributed by atoms with Gasteiger partial charge in [0.2, 0.25) is 0 Å². The highest BCUT2D eigenvalue weighted by atomic mass is 79.9. The molecule has 0 amide bonds. The smallest absolute Gasteiger partial charge is 0.0958 e. The first-order valence-electron chi connectivity index (χ1n) is 4.71. The maximum atomic E-state index is 8.73. The molecule has 0 spiro atoms. The van der Waals surface area contributed by atoms with Gasteiger partial charge < -0.3 is 5.32 Å². The van der Waals surface area contributed by atoms with E-state index in [2.05, 4.69) is 39.4 Å². The molecule has 2 nitrogen and oxygen atoms in total. The van der Waals surface area contributed by atoms with Gasteiger partial charge in [0, 0.05) is 15.1 Å². The Hall–Kier alpha value is -0.500. The summed E-state index contributed by atoms with van der Waals surface area (Å²) >= 11 is 5.17. The zero-order valence-corrected chi connectivity index (χ0v) is 10.9. The van der Waals surface area contributed by atoms with E-state index in [1.807, 2.05) is 19.2 Å². The monoisotopic (exact) mass is 284 g/mol. The van der Waals surface area contributed by atoms with E-state index in [4.69, 9.17) is 5.26 Å². The maximum Gasteiger partial charge on any atom is 0.0958 e. The highest BCUT2D eigenvalue weighted by molar-refractivity contribution is 9.10. The van der Waals surface area contributed by atoms with Crippen molar-refractivity contribution in [1.82, 2.24) is 5.32 Å². The predicted molar refractivity (Wildman–Crippen MR) is 67.9 cm³/mol. The summed E-state index contributed by atoms with van der Waals surface area (Å²) in [5.41, 5.74) is 0. The molecule has 0 saturated carbocycles. The lowest BCUT2D eigenvalue weighted by atomic mass is 10.3. The molecule has 1 aromatic carbocycles. The van der Waals surface area contributed by atoms with Crippen LogP contribution < -0.4 is 5.32 Å². The Morgan fingerprint density at radius 3 is 2.67 bits per heavy atom. The van der Waals surface area contributed by atoms with Crippen LogP contribution in [0.4, 0.5) is 0 Å². The normalized spacial score (nSPS) is 12.1. The number of hydrogen-bond donors (Lipinski definition) is 1. The molecule has 0 fully saturated rings. The van der Waals surface area contributed by atoms with Gasteiger partial charge in [0.25, 0.3) is 0 Å². The molecule has 0 radical (unpaired) electrons. The van der Waals surface area contributed by atoms with Gasteiger partial charge in [-0.15, -0.1) is 11.8 Å². The summed E-state index contributed by atoms with van der Waals surface area (Å²) < 4.78 is 1.09. The van der Waals surface area contributed by atoms with Gasteiger partial charge >= 0.3 is 0 Å². The number of rotatable bonds is 5. The molecule has 0 aromatic heterocycles. The second kappa shape index (κ2) is 6.89. The van der Waals surface area contributed by atoms with Gasteiger partial charge in [-0.25, -0.2) is 0 Å². The van der Waals surface area contributed by atoms with Gasteiger partial charge in [0.15, 0.2) is 0 Å². The molecule has 4 heteroatoms. The van der Waals surface area contributed by atoms with Crippen LogP contribution in [0.3, 0.4) is 0 Å². The van der Waals surface area contributed by atoms with Crippen molar-refractivity contribution in [2.24, 2.45) is 0 Å². The van der Waals surface area contributed by atoms with Crippen LogP contribution in [-0.2, 0) is 0 Å². The minimum atomic E-state index is -0.0343. The predicted octanol–water partition coefficient (Wildman–Crippen LogP) is 3.04. The summed E-state index contributed by atoms with van der Waals surface area (Å²) in [7, 11) is 1.82. The Morgan fingerprint density at radius 2 is 2.13 bits per heavy atom. The topological polar surface area (TPSA) is 35.8 Å². The number of nitrogens with zero attached hydrogens (tertiary/aromatic N) is 1. The second-order valence-corrected chi connectivity index (χ2v) is 5.15. The summed E-state index contributed by atoms with van der Waals surface area (Å²) in [5.74, 6) is 0.959. The van der Waals surface area contributed by atoms with Crippen LogP contribution >= 0.6 is 27.7 Å². The molecule has 1 rings (SSSR count). The number of thioether (sulfide) groups is 1. The van der Waals surface area contributed by atoms with Crippen LogP contribution in [0.1, 0.15) is 6.42 Å². The molecular formula is C11H13BrN2S. The van der Waals surface area contributed by atoms with Gasteiger partial charge in [-0.2, -0.15) is 5.26 Å². The first-order valence-corrected chi connectivity index (χ1v) is 6.49. The Morgan fingerprint density at radius 1 is 1.47 bits per heavy atom. The number of hydrogen-bond acceptors (Lipinski definition) is 3. The minimum absolute atomic E-state index is 0.0343. The Balaban J connectivity index is 2.32. The second-order valence-electron chi connectivity index (χ2n) is 3.06. The average Bonchev–Trinajstić information content (AvgIpc) is 2.27. The van der Waals surface area contributed by atoms with Crippen LogP contribution in [-0.4, -0.2) is 18.8 Å². The third-order valence-electron chi connectivity index (χ3n) is 1.99. The van der Waals surface area contributed by atoms with Crippen LogP contribution in [0.15, 0.2) is 33.6 Å². The maximum absolute atomic E-state index is 8.73. The van der Waals surface area contributed by atoms with Crippen LogP contribution in [0.25, 0.3) is 0 Å². The summed E-state index contributed by atoms with van der Waals surface area (Å²) in [4.78, 5) is 1.24. The lowest BCUT2D eigenvalue weighted by Crippen LogP contribution is -2.23. The largest absolute Gasteiger partial charge is 0.305 e. The van der Waals surface area contributed by atoms with Crippen molar-refractivity contribution in [2.75, 3.05) is 12.8 Å². The summed E-state index contributed by atoms with van der Waals surface area (Å²) in [6.45, 7) is 0. The first-order chi connectivity index (χ1) is 7.26. The van der Waals surface area contributed by atoms with E-state index in [9.17, 15) is 0 Å². The molecular weight excluding hydrogens is 272 g/mol. The zero-order chi connectivity index (χ0) is 11.1. The van der Waals surface area contributed by atoms with E-state index in [0.717, 1.165) is 16.6 Å². The van der Waals surface area contributed by atoms with E-state index in [-0.39, 0.29) is 6.04 Å². The molecule has 0 aliphatic heterocycles. The molecule has 1 unspecified atom stereocenters. The Bertz CT molecular complexity index is 331. The Kier molecular flexibility index (Phi) is 5.77. The number of nitriles is 1. The highest BCUT2D eigenvalue weighted by Gasteiger charge is 2.03. The van der Waals surface area contributed by atoms with Crippen molar-refractivity contribution >= 4 is 27.7 Å². The molecule has 0 heterocycles. The summed E-state index contributed by atoms with van der Waals surface area (Å²) in [6, 6.07) is 10.4. The van der Waals surface area contributed by atoms with Gasteiger partial charge in [0.05, 0.1) is 12.1 Å². The lowest BCUT2D eigenvalue weighted by molar-refractivity contribution is 0.663. The van der Waals surface area contributed by atoms with E-state index in [0.29, 0.717) is 0 Å². The molecule has 80 valence electrons. The fraction of sp³-hybridized carbons (Fsp3) is 0.364. The minimum Gasteiger partial charge on any atom is -0.305 e. The standard InChI is InChI=1S/C11H13BrN2S/c1-14-10(8-13)6-7-15-11-4-2-9(12)3-5-11/h2-5,10,14H,6-7H2,1H3. The molecule has 1 N–H and O–H groups in total. The summed E-state index contributed by atoms with van der Waals surface area (Å²) in [6.07, 6.45) is 0.869. The highest BCUT2D eigenvalue weighted by Crippen LogP contribution is 2.21. The van der Waals surface area contributed by atoms with Gasteiger partial charge in [-0.05, 0) is 37.7 Å². The SMILES string of the molecule is CNC(C#N)CCSc1ccc(Br)cc1. The van der Waals surface area contributed by atoms with Gasteiger partial charge in [-0.3, -0.25) is 0 Å². The molecule has 0 saturated heterocycles. The number of nitrogens with one attached hydrogen (secondary N) is 1. The van der Waals surface area contributed by atoms with Crippen LogP contribution in [0.5, 0.6) is 0 Å². The van der Waals surface area contributed by atoms with Crippen molar-refractivity contribution in [3.05, 3.63) is 28.7 Å². The molecule has 0 aliphatic carbocycles. The fourth-order valence-corrected chi connectivity index (χ4v) is 2.28. The van der Waals surface area contributed by atoms with Crippen molar-refractivity contribution in [3.63, 3.8) is 0 Å². The van der Waals surface area contributed by atoms with E-state index in [1.165, 1.54) is 4.90 Å². The van der Waals surface area contributed by atoms with E-state index in [1.54, 1.807) is 11.8 Å². The molecule has 0 aliphatic rings. The number of halogens is 1. The molecule has 1 aromatic rings. The molecule has 1 atom stereocenters. The number of benzene rings is 1. The van der Waals surface area contributed by atoms with Crippen molar-refractivity contribution in [2.45, 2.75) is 17.4 Å². The fourth-order valence-electron chi connectivity index (χ4n) is 1.10. The van der Waals surface area contributed by atoms with Gasteiger partial charge in [-0.1, -0.05) is 15.9 Å². The summed E-state index contributed by atoms with van der Waals surface area (Å²) in [5, 5.41) is 11.7. The van der Waals surface area contributed by atoms with Gasteiger partial charge in [0.1, 0.15) is 0 Å². The third-order valence-corrected chi connectivity index (χ3v) is 3.57. The van der Waals surface area contributed by atoms with Crippen molar-refractivity contribution < 1.29 is 0 Å². The Labute approximate surface area is 103 Å². The van der Waals surface area contributed by atoms with Crippen LogP contribution in [0, 0.1) is 11.3 Å². The van der Waals surface area contributed by atoms with Crippen LogP contribution in [0.2, 0.25) is 0 Å². The molecule has 15 heavy (non-hydrogen) atoms. The zero-order valence-electron chi connectivity index (χ0n) is 8.53. The molecule has 0 bridgehead atoms. The average molecular weight is 285 g/mol.